The minimum Gasteiger partial charge on any atom is -0.373 e. The second kappa shape index (κ2) is 5.06. The summed E-state index contributed by atoms with van der Waals surface area (Å²) in [5.74, 6) is 3.21. The van der Waals surface area contributed by atoms with E-state index < -0.39 is 6.04 Å². The molecule has 0 aromatic rings. The molecule has 108 valence electrons. The smallest absolute Gasteiger partial charge is 0.239 e. The van der Waals surface area contributed by atoms with Gasteiger partial charge in [-0.15, -0.1) is 0 Å². The number of nitrogens with two attached hydrogens (primary N) is 1. The van der Waals surface area contributed by atoms with Crippen molar-refractivity contribution in [2.24, 2.45) is 29.4 Å². The van der Waals surface area contributed by atoms with E-state index in [9.17, 15) is 4.79 Å². The normalized spacial score (nSPS) is 43.0. The molecule has 0 unspecified atom stereocenters. The molecule has 2 atom stereocenters. The fourth-order valence-electron chi connectivity index (χ4n) is 4.81. The molecule has 4 saturated carbocycles. The summed E-state index contributed by atoms with van der Waals surface area (Å²) in [7, 11) is 1.62. The minimum absolute atomic E-state index is 0.128. The molecule has 4 rings (SSSR count). The molecular weight excluding hydrogens is 240 g/mol. The van der Waals surface area contributed by atoms with Gasteiger partial charge in [-0.3, -0.25) is 4.79 Å². The zero-order valence-electron chi connectivity index (χ0n) is 12.0. The molecule has 19 heavy (non-hydrogen) atoms. The standard InChI is InChI=1S/C15H26N2O2/c1-8(13(16)15(18)17-2)19-14-11-4-9-3-10(6-11)7-12(14)5-9/h8-14H,3-7,16H2,1-2H3,(H,17,18)/t8-,9?,10?,11?,12?,13+,14?/m1/s1. The van der Waals surface area contributed by atoms with Gasteiger partial charge in [0.2, 0.25) is 5.91 Å². The number of likely N-dealkylation sites (N-methyl/N-ethyl adjacent to an activating group) is 1. The van der Waals surface area contributed by atoms with Crippen molar-refractivity contribution < 1.29 is 9.53 Å². The summed E-state index contributed by atoms with van der Waals surface area (Å²) in [6, 6.07) is -0.554. The van der Waals surface area contributed by atoms with Crippen molar-refractivity contribution >= 4 is 5.91 Å². The summed E-state index contributed by atoms with van der Waals surface area (Å²) in [5, 5.41) is 2.60. The summed E-state index contributed by atoms with van der Waals surface area (Å²) in [5.41, 5.74) is 5.94. The van der Waals surface area contributed by atoms with Gasteiger partial charge in [-0.05, 0) is 62.7 Å². The average molecular weight is 266 g/mol. The highest BCUT2D eigenvalue weighted by Gasteiger charge is 2.49. The van der Waals surface area contributed by atoms with Crippen LogP contribution in [0.5, 0.6) is 0 Å². The van der Waals surface area contributed by atoms with Crippen molar-refractivity contribution in [1.29, 1.82) is 0 Å². The van der Waals surface area contributed by atoms with E-state index in [0.29, 0.717) is 6.10 Å². The number of carbonyl (C=O) groups excluding carboxylic acids is 1. The van der Waals surface area contributed by atoms with Crippen molar-refractivity contribution in [2.45, 2.75) is 57.3 Å². The number of ether oxygens (including phenoxy) is 1. The Morgan fingerprint density at radius 2 is 1.68 bits per heavy atom. The van der Waals surface area contributed by atoms with Gasteiger partial charge >= 0.3 is 0 Å². The third-order valence-electron chi connectivity index (χ3n) is 5.57. The van der Waals surface area contributed by atoms with E-state index in [-0.39, 0.29) is 12.0 Å². The Hall–Kier alpha value is -0.610. The molecular formula is C15H26N2O2. The van der Waals surface area contributed by atoms with Crippen LogP contribution in [-0.4, -0.2) is 31.2 Å². The summed E-state index contributed by atoms with van der Waals surface area (Å²) < 4.78 is 6.23. The lowest BCUT2D eigenvalue weighted by Gasteiger charge is -2.54. The van der Waals surface area contributed by atoms with Crippen LogP contribution in [0, 0.1) is 23.7 Å². The fourth-order valence-corrected chi connectivity index (χ4v) is 4.81. The molecule has 4 fully saturated rings. The zero-order valence-corrected chi connectivity index (χ0v) is 12.0. The maximum absolute atomic E-state index is 11.6. The first-order valence-electron chi connectivity index (χ1n) is 7.71. The molecule has 0 radical (unpaired) electrons. The van der Waals surface area contributed by atoms with Crippen LogP contribution in [0.4, 0.5) is 0 Å². The molecule has 4 heteroatoms. The van der Waals surface area contributed by atoms with Gasteiger partial charge in [-0.2, -0.15) is 0 Å². The van der Waals surface area contributed by atoms with Crippen LogP contribution in [0.25, 0.3) is 0 Å². The Kier molecular flexibility index (Phi) is 3.56. The zero-order chi connectivity index (χ0) is 13.6. The number of carbonyl (C=O) groups is 1. The molecule has 4 aliphatic rings. The van der Waals surface area contributed by atoms with Gasteiger partial charge in [0, 0.05) is 7.05 Å². The predicted molar refractivity (Wildman–Crippen MR) is 73.4 cm³/mol. The third kappa shape index (κ3) is 2.40. The van der Waals surface area contributed by atoms with E-state index in [1.165, 1.54) is 32.1 Å². The summed E-state index contributed by atoms with van der Waals surface area (Å²) in [6.45, 7) is 1.94. The van der Waals surface area contributed by atoms with Gasteiger partial charge in [0.25, 0.3) is 0 Å². The lowest BCUT2D eigenvalue weighted by atomic mass is 9.55. The molecule has 4 bridgehead atoms. The number of amides is 1. The van der Waals surface area contributed by atoms with Crippen molar-refractivity contribution in [3.05, 3.63) is 0 Å². The SMILES string of the molecule is CNC(=O)[C@@H](N)[C@@H](C)OC1C2CC3CC(C2)CC1C3. The Morgan fingerprint density at radius 3 is 2.16 bits per heavy atom. The van der Waals surface area contributed by atoms with Gasteiger partial charge in [0.05, 0.1) is 12.2 Å². The molecule has 4 nitrogen and oxygen atoms in total. The first kappa shape index (κ1) is 13.4. The van der Waals surface area contributed by atoms with Crippen molar-refractivity contribution in [2.75, 3.05) is 7.05 Å². The summed E-state index contributed by atoms with van der Waals surface area (Å²) in [6.07, 6.45) is 6.94. The van der Waals surface area contributed by atoms with Crippen molar-refractivity contribution in [3.8, 4) is 0 Å². The topological polar surface area (TPSA) is 64.4 Å². The summed E-state index contributed by atoms with van der Waals surface area (Å²) in [4.78, 5) is 11.6. The van der Waals surface area contributed by atoms with Crippen LogP contribution in [0.15, 0.2) is 0 Å². The number of hydrogen-bond acceptors (Lipinski definition) is 3. The molecule has 3 N–H and O–H groups in total. The maximum Gasteiger partial charge on any atom is 0.239 e. The van der Waals surface area contributed by atoms with Crippen LogP contribution in [0.1, 0.15) is 39.0 Å². The Balaban J connectivity index is 1.62. The van der Waals surface area contributed by atoms with E-state index in [2.05, 4.69) is 5.32 Å². The largest absolute Gasteiger partial charge is 0.373 e. The lowest BCUT2D eigenvalue weighted by molar-refractivity contribution is -0.156. The van der Waals surface area contributed by atoms with Crippen LogP contribution in [-0.2, 0) is 9.53 Å². The van der Waals surface area contributed by atoms with Crippen LogP contribution in [0.2, 0.25) is 0 Å². The van der Waals surface area contributed by atoms with E-state index in [0.717, 1.165) is 23.7 Å². The molecule has 0 aromatic heterocycles. The van der Waals surface area contributed by atoms with Crippen LogP contribution in [0.3, 0.4) is 0 Å². The van der Waals surface area contributed by atoms with E-state index in [1.54, 1.807) is 7.05 Å². The van der Waals surface area contributed by atoms with Crippen LogP contribution >= 0.6 is 0 Å². The fraction of sp³-hybridized carbons (Fsp3) is 0.933. The quantitative estimate of drug-likeness (QED) is 0.806. The van der Waals surface area contributed by atoms with Gasteiger partial charge in [0.1, 0.15) is 6.04 Å². The van der Waals surface area contributed by atoms with Crippen molar-refractivity contribution in [3.63, 3.8) is 0 Å². The van der Waals surface area contributed by atoms with Gasteiger partial charge < -0.3 is 15.8 Å². The lowest BCUT2D eigenvalue weighted by Crippen LogP contribution is -2.54. The highest BCUT2D eigenvalue weighted by molar-refractivity contribution is 5.81. The minimum atomic E-state index is -0.554. The Bertz CT molecular complexity index is 330. The average Bonchev–Trinajstić information content (AvgIpc) is 2.40. The highest BCUT2D eigenvalue weighted by atomic mass is 16.5. The molecule has 4 aliphatic carbocycles. The van der Waals surface area contributed by atoms with Crippen molar-refractivity contribution in [1.82, 2.24) is 5.32 Å². The highest BCUT2D eigenvalue weighted by Crippen LogP contribution is 2.54. The third-order valence-corrected chi connectivity index (χ3v) is 5.57. The number of nitrogens with one attached hydrogen (secondary N) is 1. The molecule has 0 aromatic carbocycles. The number of rotatable bonds is 4. The molecule has 0 saturated heterocycles. The predicted octanol–water partition coefficient (Wildman–Crippen LogP) is 1.29. The molecule has 0 aliphatic heterocycles. The molecule has 0 spiro atoms. The van der Waals surface area contributed by atoms with E-state index >= 15 is 0 Å². The Morgan fingerprint density at radius 1 is 1.16 bits per heavy atom. The maximum atomic E-state index is 11.6. The van der Waals surface area contributed by atoms with Gasteiger partial charge in [-0.25, -0.2) is 0 Å². The first-order chi connectivity index (χ1) is 9.08. The van der Waals surface area contributed by atoms with E-state index in [4.69, 9.17) is 10.5 Å². The summed E-state index contributed by atoms with van der Waals surface area (Å²) >= 11 is 0. The number of hydrogen-bond donors (Lipinski definition) is 2. The molecule has 1 amide bonds. The monoisotopic (exact) mass is 266 g/mol. The van der Waals surface area contributed by atoms with Crippen LogP contribution < -0.4 is 11.1 Å². The first-order valence-corrected chi connectivity index (χ1v) is 7.71. The second-order valence-electron chi connectivity index (χ2n) is 6.88. The van der Waals surface area contributed by atoms with E-state index in [1.807, 2.05) is 6.92 Å². The Labute approximate surface area is 115 Å². The van der Waals surface area contributed by atoms with Gasteiger partial charge in [-0.1, -0.05) is 0 Å². The van der Waals surface area contributed by atoms with Gasteiger partial charge in [0.15, 0.2) is 0 Å². The molecule has 0 heterocycles. The second-order valence-corrected chi connectivity index (χ2v) is 6.88.